The first kappa shape index (κ1) is 18.6. The Balaban J connectivity index is 1.76. The normalized spacial score (nSPS) is 17.5. The zero-order chi connectivity index (χ0) is 18.4. The van der Waals surface area contributed by atoms with Gasteiger partial charge in [0, 0.05) is 5.56 Å². The summed E-state index contributed by atoms with van der Waals surface area (Å²) in [4.78, 5) is 12.9. The molecular weight excluding hydrogens is 326 g/mol. The minimum Gasteiger partial charge on any atom is -0.394 e. The monoisotopic (exact) mass is 353 g/mol. The van der Waals surface area contributed by atoms with Crippen LogP contribution in [-0.2, 0) is 0 Å². The van der Waals surface area contributed by atoms with Crippen LogP contribution in [0.25, 0.3) is 0 Å². The maximum absolute atomic E-state index is 12.9. The van der Waals surface area contributed by atoms with E-state index < -0.39 is 12.1 Å². The molecule has 1 saturated carbocycles. The highest BCUT2D eigenvalue weighted by molar-refractivity contribution is 5.96. The van der Waals surface area contributed by atoms with E-state index in [9.17, 15) is 15.0 Å². The van der Waals surface area contributed by atoms with E-state index in [4.69, 9.17) is 0 Å². The average Bonchev–Trinajstić information content (AvgIpc) is 2.72. The Morgan fingerprint density at radius 1 is 1.00 bits per heavy atom. The molecule has 0 aromatic heterocycles. The summed E-state index contributed by atoms with van der Waals surface area (Å²) >= 11 is 0. The molecule has 1 aliphatic carbocycles. The lowest BCUT2D eigenvalue weighted by Crippen LogP contribution is -2.42. The van der Waals surface area contributed by atoms with Crippen LogP contribution in [0.1, 0.15) is 65.6 Å². The molecule has 3 rings (SSSR count). The highest BCUT2D eigenvalue weighted by atomic mass is 16.3. The van der Waals surface area contributed by atoms with Gasteiger partial charge in [0.15, 0.2) is 0 Å². The number of amides is 1. The molecule has 138 valence electrons. The second-order valence-electron chi connectivity index (χ2n) is 7.04. The molecule has 0 saturated heterocycles. The Hall–Kier alpha value is -2.17. The molecule has 2 aromatic rings. The fraction of sp³-hybridized carbons (Fsp3) is 0.409. The third-order valence-corrected chi connectivity index (χ3v) is 5.29. The van der Waals surface area contributed by atoms with Gasteiger partial charge in [-0.25, -0.2) is 0 Å². The van der Waals surface area contributed by atoms with Crippen molar-refractivity contribution >= 4 is 5.91 Å². The minimum absolute atomic E-state index is 0.236. The smallest absolute Gasteiger partial charge is 0.251 e. The van der Waals surface area contributed by atoms with Gasteiger partial charge < -0.3 is 15.5 Å². The lowest BCUT2D eigenvalue weighted by molar-refractivity contribution is 0.0702. The Labute approximate surface area is 154 Å². The molecule has 1 aliphatic rings. The van der Waals surface area contributed by atoms with Gasteiger partial charge in [-0.05, 0) is 36.0 Å². The molecule has 0 bridgehead atoms. The number of nitrogens with one attached hydrogen (secondary N) is 1. The molecule has 0 radical (unpaired) electrons. The van der Waals surface area contributed by atoms with E-state index in [1.165, 1.54) is 19.3 Å². The van der Waals surface area contributed by atoms with Crippen LogP contribution in [0.4, 0.5) is 0 Å². The predicted octanol–water partition coefficient (Wildman–Crippen LogP) is 3.56. The van der Waals surface area contributed by atoms with Crippen molar-refractivity contribution in [1.82, 2.24) is 5.32 Å². The summed E-state index contributed by atoms with van der Waals surface area (Å²) in [7, 11) is 0. The van der Waals surface area contributed by atoms with Crippen molar-refractivity contribution in [2.75, 3.05) is 6.61 Å². The summed E-state index contributed by atoms with van der Waals surface area (Å²) in [6, 6.07) is 16.1. The summed E-state index contributed by atoms with van der Waals surface area (Å²) in [5.41, 5.74) is 2.40. The second-order valence-corrected chi connectivity index (χ2v) is 7.04. The van der Waals surface area contributed by atoms with Crippen LogP contribution >= 0.6 is 0 Å². The van der Waals surface area contributed by atoms with Crippen molar-refractivity contribution in [1.29, 1.82) is 0 Å². The molecule has 0 heterocycles. The second kappa shape index (κ2) is 8.97. The van der Waals surface area contributed by atoms with Crippen molar-refractivity contribution in [2.45, 2.75) is 50.2 Å². The third kappa shape index (κ3) is 4.32. The van der Waals surface area contributed by atoms with Gasteiger partial charge in [-0.15, -0.1) is 0 Å². The van der Waals surface area contributed by atoms with Gasteiger partial charge >= 0.3 is 0 Å². The summed E-state index contributed by atoms with van der Waals surface area (Å²) < 4.78 is 0. The van der Waals surface area contributed by atoms with Gasteiger partial charge in [-0.1, -0.05) is 67.8 Å². The third-order valence-electron chi connectivity index (χ3n) is 5.29. The van der Waals surface area contributed by atoms with E-state index in [0.29, 0.717) is 17.0 Å². The van der Waals surface area contributed by atoms with Gasteiger partial charge in [-0.2, -0.15) is 0 Å². The van der Waals surface area contributed by atoms with E-state index in [1.807, 2.05) is 42.5 Å². The summed E-state index contributed by atoms with van der Waals surface area (Å²) in [6.07, 6.45) is 4.94. The SMILES string of the molecule is O=C(N[C@@H](CO)[C@@H](O)c1ccccc1)c1ccccc1C1CCCCC1. The number of aliphatic hydroxyl groups excluding tert-OH is 2. The Morgan fingerprint density at radius 3 is 2.35 bits per heavy atom. The molecule has 0 spiro atoms. The van der Waals surface area contributed by atoms with Crippen LogP contribution in [0.2, 0.25) is 0 Å². The standard InChI is InChI=1S/C22H27NO3/c24-15-20(21(25)17-11-5-2-6-12-17)23-22(26)19-14-8-7-13-18(19)16-9-3-1-4-10-16/h2,5-8,11-14,16,20-21,24-25H,1,3-4,9-10,15H2,(H,23,26)/t20-,21-/m0/s1. The predicted molar refractivity (Wildman–Crippen MR) is 102 cm³/mol. The molecule has 0 unspecified atom stereocenters. The average molecular weight is 353 g/mol. The van der Waals surface area contributed by atoms with E-state index in [-0.39, 0.29) is 12.5 Å². The molecule has 3 N–H and O–H groups in total. The van der Waals surface area contributed by atoms with E-state index in [0.717, 1.165) is 18.4 Å². The maximum Gasteiger partial charge on any atom is 0.251 e. The Bertz CT molecular complexity index is 710. The van der Waals surface area contributed by atoms with Gasteiger partial charge in [0.25, 0.3) is 5.91 Å². The number of carbonyl (C=O) groups excluding carboxylic acids is 1. The first-order valence-corrected chi connectivity index (χ1v) is 9.44. The number of aliphatic hydroxyl groups is 2. The van der Waals surface area contributed by atoms with Crippen LogP contribution < -0.4 is 5.32 Å². The number of rotatable bonds is 6. The molecule has 0 aliphatic heterocycles. The topological polar surface area (TPSA) is 69.6 Å². The zero-order valence-corrected chi connectivity index (χ0v) is 15.0. The fourth-order valence-corrected chi connectivity index (χ4v) is 3.83. The Morgan fingerprint density at radius 2 is 1.65 bits per heavy atom. The van der Waals surface area contributed by atoms with Crippen LogP contribution in [0, 0.1) is 0 Å². The molecule has 4 nitrogen and oxygen atoms in total. The highest BCUT2D eigenvalue weighted by Gasteiger charge is 2.25. The van der Waals surface area contributed by atoms with Gasteiger partial charge in [-0.3, -0.25) is 4.79 Å². The summed E-state index contributed by atoms with van der Waals surface area (Å²) in [6.45, 7) is -0.326. The van der Waals surface area contributed by atoms with E-state index in [2.05, 4.69) is 5.32 Å². The van der Waals surface area contributed by atoms with Gasteiger partial charge in [0.2, 0.25) is 0 Å². The first-order valence-electron chi connectivity index (χ1n) is 9.44. The van der Waals surface area contributed by atoms with E-state index in [1.54, 1.807) is 12.1 Å². The summed E-state index contributed by atoms with van der Waals surface area (Å²) in [5, 5.41) is 23.0. The molecule has 4 heteroatoms. The molecule has 2 aromatic carbocycles. The van der Waals surface area contributed by atoms with E-state index >= 15 is 0 Å². The lowest BCUT2D eigenvalue weighted by atomic mass is 9.82. The molecule has 1 fully saturated rings. The first-order chi connectivity index (χ1) is 12.7. The molecule has 1 amide bonds. The van der Waals surface area contributed by atoms with Crippen LogP contribution in [0.3, 0.4) is 0 Å². The quantitative estimate of drug-likeness (QED) is 0.744. The number of hydrogen-bond donors (Lipinski definition) is 3. The van der Waals surface area contributed by atoms with Crippen molar-refractivity contribution in [3.05, 3.63) is 71.3 Å². The van der Waals surface area contributed by atoms with Crippen LogP contribution in [0.15, 0.2) is 54.6 Å². The minimum atomic E-state index is -0.952. The van der Waals surface area contributed by atoms with Gasteiger partial charge in [0.1, 0.15) is 6.10 Å². The molecule has 2 atom stereocenters. The Kier molecular flexibility index (Phi) is 6.42. The fourth-order valence-electron chi connectivity index (χ4n) is 3.83. The van der Waals surface area contributed by atoms with Gasteiger partial charge in [0.05, 0.1) is 12.6 Å². The number of carbonyl (C=O) groups is 1. The largest absolute Gasteiger partial charge is 0.394 e. The van der Waals surface area contributed by atoms with Crippen molar-refractivity contribution in [3.8, 4) is 0 Å². The lowest BCUT2D eigenvalue weighted by Gasteiger charge is -2.26. The number of benzene rings is 2. The molecular formula is C22H27NO3. The molecule has 26 heavy (non-hydrogen) atoms. The van der Waals surface area contributed by atoms with Crippen molar-refractivity contribution in [3.63, 3.8) is 0 Å². The highest BCUT2D eigenvalue weighted by Crippen LogP contribution is 2.34. The van der Waals surface area contributed by atoms with Crippen molar-refractivity contribution in [2.24, 2.45) is 0 Å². The van der Waals surface area contributed by atoms with Crippen LogP contribution in [-0.4, -0.2) is 28.8 Å². The number of hydrogen-bond acceptors (Lipinski definition) is 3. The van der Waals surface area contributed by atoms with Crippen molar-refractivity contribution < 1.29 is 15.0 Å². The summed E-state index contributed by atoms with van der Waals surface area (Å²) in [5.74, 6) is 0.178. The maximum atomic E-state index is 12.9. The van der Waals surface area contributed by atoms with Crippen LogP contribution in [0.5, 0.6) is 0 Å². The zero-order valence-electron chi connectivity index (χ0n) is 15.0.